The quantitative estimate of drug-likeness (QED) is 0.716. The summed E-state index contributed by atoms with van der Waals surface area (Å²) in [6.45, 7) is 5.13. The topological polar surface area (TPSA) is 52.3 Å². The van der Waals surface area contributed by atoms with Crippen LogP contribution in [-0.4, -0.2) is 24.5 Å². The van der Waals surface area contributed by atoms with Gasteiger partial charge in [0.2, 0.25) is 0 Å². The van der Waals surface area contributed by atoms with E-state index in [1.165, 1.54) is 0 Å². The summed E-state index contributed by atoms with van der Waals surface area (Å²) in [5.74, 6) is 0.656. The predicted octanol–water partition coefficient (Wildman–Crippen LogP) is 1.11. The van der Waals surface area contributed by atoms with Gasteiger partial charge in [-0.05, 0) is 32.6 Å². The van der Waals surface area contributed by atoms with Gasteiger partial charge in [-0.15, -0.1) is 0 Å². The SMILES string of the molecule is CC(C)(N)C(=O)CC1CCOCC1. The second kappa shape index (κ2) is 4.20. The number of ether oxygens (including phenoxy) is 1. The van der Waals surface area contributed by atoms with Crippen LogP contribution >= 0.6 is 0 Å². The zero-order valence-corrected chi connectivity index (χ0v) is 8.51. The van der Waals surface area contributed by atoms with E-state index in [2.05, 4.69) is 0 Å². The summed E-state index contributed by atoms with van der Waals surface area (Å²) in [4.78, 5) is 11.6. The van der Waals surface area contributed by atoms with Crippen molar-refractivity contribution < 1.29 is 9.53 Å². The van der Waals surface area contributed by atoms with Crippen molar-refractivity contribution in [2.75, 3.05) is 13.2 Å². The largest absolute Gasteiger partial charge is 0.381 e. The zero-order valence-electron chi connectivity index (χ0n) is 8.51. The highest BCUT2D eigenvalue weighted by Gasteiger charge is 2.25. The van der Waals surface area contributed by atoms with Crippen LogP contribution in [0.3, 0.4) is 0 Å². The molecular weight excluding hydrogens is 166 g/mol. The van der Waals surface area contributed by atoms with Crippen LogP contribution < -0.4 is 5.73 Å². The minimum Gasteiger partial charge on any atom is -0.381 e. The van der Waals surface area contributed by atoms with E-state index >= 15 is 0 Å². The van der Waals surface area contributed by atoms with E-state index in [4.69, 9.17) is 10.5 Å². The molecule has 0 aromatic heterocycles. The second-order valence-electron chi connectivity index (χ2n) is 4.40. The van der Waals surface area contributed by atoms with E-state index in [1.54, 1.807) is 13.8 Å². The molecule has 0 spiro atoms. The summed E-state index contributed by atoms with van der Waals surface area (Å²) in [6.07, 6.45) is 2.62. The number of ketones is 1. The first-order valence-corrected chi connectivity index (χ1v) is 4.90. The van der Waals surface area contributed by atoms with Gasteiger partial charge in [0, 0.05) is 19.6 Å². The highest BCUT2D eigenvalue weighted by Crippen LogP contribution is 2.20. The van der Waals surface area contributed by atoms with Crippen LogP contribution in [0.2, 0.25) is 0 Å². The molecule has 1 rings (SSSR count). The van der Waals surface area contributed by atoms with Gasteiger partial charge in [-0.1, -0.05) is 0 Å². The van der Waals surface area contributed by atoms with E-state index in [9.17, 15) is 4.79 Å². The number of Topliss-reactive ketones (excluding diaryl/α,β-unsaturated/α-hetero) is 1. The maximum atomic E-state index is 11.6. The van der Waals surface area contributed by atoms with Crippen LogP contribution in [0.1, 0.15) is 33.1 Å². The lowest BCUT2D eigenvalue weighted by Crippen LogP contribution is -2.42. The lowest BCUT2D eigenvalue weighted by molar-refractivity contribution is -0.124. The molecule has 0 unspecified atom stereocenters. The number of carbonyl (C=O) groups excluding carboxylic acids is 1. The van der Waals surface area contributed by atoms with Crippen LogP contribution in [0.25, 0.3) is 0 Å². The summed E-state index contributed by atoms with van der Waals surface area (Å²) in [5, 5.41) is 0. The van der Waals surface area contributed by atoms with Crippen molar-refractivity contribution in [3.8, 4) is 0 Å². The molecule has 1 fully saturated rings. The summed E-state index contributed by atoms with van der Waals surface area (Å²) < 4.78 is 5.22. The Kier molecular flexibility index (Phi) is 3.45. The van der Waals surface area contributed by atoms with Crippen LogP contribution in [0.5, 0.6) is 0 Å². The lowest BCUT2D eigenvalue weighted by atomic mass is 9.88. The molecule has 13 heavy (non-hydrogen) atoms. The first kappa shape index (κ1) is 10.7. The minimum absolute atomic E-state index is 0.166. The molecule has 0 amide bonds. The average Bonchev–Trinajstić information content (AvgIpc) is 2.04. The molecule has 0 aliphatic carbocycles. The Balaban J connectivity index is 2.35. The summed E-state index contributed by atoms with van der Waals surface area (Å²) in [5.41, 5.74) is 5.05. The van der Waals surface area contributed by atoms with Crippen LogP contribution in [0.4, 0.5) is 0 Å². The van der Waals surface area contributed by atoms with Gasteiger partial charge in [0.05, 0.1) is 5.54 Å². The maximum absolute atomic E-state index is 11.6. The van der Waals surface area contributed by atoms with E-state index in [1.807, 2.05) is 0 Å². The van der Waals surface area contributed by atoms with Gasteiger partial charge in [-0.3, -0.25) is 4.79 Å². The minimum atomic E-state index is -0.668. The van der Waals surface area contributed by atoms with Crippen molar-refractivity contribution in [2.45, 2.75) is 38.6 Å². The first-order valence-electron chi connectivity index (χ1n) is 4.90. The molecular formula is C10H19NO2. The molecule has 2 N–H and O–H groups in total. The fourth-order valence-electron chi connectivity index (χ4n) is 1.48. The van der Waals surface area contributed by atoms with E-state index in [0.29, 0.717) is 12.3 Å². The zero-order chi connectivity index (χ0) is 9.90. The fraction of sp³-hybridized carbons (Fsp3) is 0.900. The Morgan fingerprint density at radius 1 is 1.46 bits per heavy atom. The molecule has 1 saturated heterocycles. The Morgan fingerprint density at radius 3 is 2.46 bits per heavy atom. The van der Waals surface area contributed by atoms with Gasteiger partial charge in [0.1, 0.15) is 0 Å². The molecule has 0 bridgehead atoms. The third-order valence-corrected chi connectivity index (χ3v) is 2.53. The van der Waals surface area contributed by atoms with Crippen molar-refractivity contribution in [3.63, 3.8) is 0 Å². The highest BCUT2D eigenvalue weighted by atomic mass is 16.5. The number of carbonyl (C=O) groups is 1. The Bertz CT molecular complexity index is 178. The summed E-state index contributed by atoms with van der Waals surface area (Å²) in [7, 11) is 0. The molecule has 3 nitrogen and oxygen atoms in total. The molecule has 3 heteroatoms. The smallest absolute Gasteiger partial charge is 0.152 e. The van der Waals surface area contributed by atoms with Crippen molar-refractivity contribution in [1.82, 2.24) is 0 Å². The van der Waals surface area contributed by atoms with Crippen LogP contribution in [0, 0.1) is 5.92 Å². The predicted molar refractivity (Wildman–Crippen MR) is 51.4 cm³/mol. The first-order chi connectivity index (χ1) is 6.00. The molecule has 76 valence electrons. The van der Waals surface area contributed by atoms with Crippen molar-refractivity contribution >= 4 is 5.78 Å². The lowest BCUT2D eigenvalue weighted by Gasteiger charge is -2.24. The summed E-state index contributed by atoms with van der Waals surface area (Å²) in [6, 6.07) is 0. The van der Waals surface area contributed by atoms with Crippen LogP contribution in [0.15, 0.2) is 0 Å². The monoisotopic (exact) mass is 185 g/mol. The van der Waals surface area contributed by atoms with Crippen molar-refractivity contribution in [1.29, 1.82) is 0 Å². The molecule has 0 aromatic rings. The Hall–Kier alpha value is -0.410. The molecule has 0 saturated carbocycles. The third-order valence-electron chi connectivity index (χ3n) is 2.53. The van der Waals surface area contributed by atoms with E-state index in [0.717, 1.165) is 26.1 Å². The van der Waals surface area contributed by atoms with Gasteiger partial charge in [0.15, 0.2) is 5.78 Å². The van der Waals surface area contributed by atoms with Gasteiger partial charge in [-0.25, -0.2) is 0 Å². The van der Waals surface area contributed by atoms with E-state index < -0.39 is 5.54 Å². The molecule has 1 heterocycles. The van der Waals surface area contributed by atoms with Gasteiger partial charge >= 0.3 is 0 Å². The molecule has 0 radical (unpaired) electrons. The molecule has 0 aromatic carbocycles. The Morgan fingerprint density at radius 2 is 2.00 bits per heavy atom. The molecule has 1 aliphatic heterocycles. The number of rotatable bonds is 3. The van der Waals surface area contributed by atoms with Gasteiger partial charge in [0.25, 0.3) is 0 Å². The second-order valence-corrected chi connectivity index (χ2v) is 4.40. The number of hydrogen-bond donors (Lipinski definition) is 1. The van der Waals surface area contributed by atoms with Crippen LogP contribution in [-0.2, 0) is 9.53 Å². The number of nitrogens with two attached hydrogens (primary N) is 1. The van der Waals surface area contributed by atoms with Gasteiger partial charge in [-0.2, -0.15) is 0 Å². The fourth-order valence-corrected chi connectivity index (χ4v) is 1.48. The molecule has 1 aliphatic rings. The Labute approximate surface area is 79.6 Å². The maximum Gasteiger partial charge on any atom is 0.152 e. The highest BCUT2D eigenvalue weighted by molar-refractivity contribution is 5.87. The summed E-state index contributed by atoms with van der Waals surface area (Å²) >= 11 is 0. The normalized spacial score (nSPS) is 20.2. The van der Waals surface area contributed by atoms with Crippen molar-refractivity contribution in [2.24, 2.45) is 11.7 Å². The van der Waals surface area contributed by atoms with Gasteiger partial charge < -0.3 is 10.5 Å². The average molecular weight is 185 g/mol. The third kappa shape index (κ3) is 3.44. The van der Waals surface area contributed by atoms with E-state index in [-0.39, 0.29) is 5.78 Å². The number of hydrogen-bond acceptors (Lipinski definition) is 3. The molecule has 0 atom stereocenters. The van der Waals surface area contributed by atoms with Crippen molar-refractivity contribution in [3.05, 3.63) is 0 Å². The standard InChI is InChI=1S/C10H19NO2/c1-10(2,11)9(12)7-8-3-5-13-6-4-8/h8H,3-7,11H2,1-2H3.